The standard InChI is InChI=1S/C15H13ClN4O5S/c1-3-20-14(21)10(7-17)8(2)13(15(20)22)19-18-12-6-9(26(23,24)25)4-5-11(12)16/h4-6,21H,3H2,1-2H3,(H,23,24,25). The van der Waals surface area contributed by atoms with Gasteiger partial charge in [0.15, 0.2) is 5.69 Å². The lowest BCUT2D eigenvalue weighted by atomic mass is 10.1. The minimum Gasteiger partial charge on any atom is -0.493 e. The molecule has 26 heavy (non-hydrogen) atoms. The van der Waals surface area contributed by atoms with Gasteiger partial charge in [0.25, 0.3) is 15.7 Å². The van der Waals surface area contributed by atoms with Crippen LogP contribution in [0.1, 0.15) is 18.1 Å². The Bertz CT molecular complexity index is 1120. The Morgan fingerprint density at radius 2 is 2.00 bits per heavy atom. The summed E-state index contributed by atoms with van der Waals surface area (Å²) in [4.78, 5) is 12.0. The first kappa shape index (κ1) is 19.6. The number of benzene rings is 1. The Hall–Kier alpha value is -2.74. The fourth-order valence-electron chi connectivity index (χ4n) is 2.18. The van der Waals surface area contributed by atoms with Gasteiger partial charge in [-0.2, -0.15) is 13.7 Å². The maximum atomic E-state index is 12.4. The second-order valence-corrected chi connectivity index (χ2v) is 6.95. The number of rotatable bonds is 4. The number of nitrogens with zero attached hydrogens (tertiary/aromatic N) is 4. The number of halogens is 1. The number of azo groups is 1. The lowest BCUT2D eigenvalue weighted by Gasteiger charge is -2.10. The van der Waals surface area contributed by atoms with E-state index in [1.807, 2.05) is 0 Å². The van der Waals surface area contributed by atoms with Gasteiger partial charge in [-0.1, -0.05) is 11.6 Å². The number of pyridine rings is 1. The third-order valence-corrected chi connectivity index (χ3v) is 4.73. The predicted molar refractivity (Wildman–Crippen MR) is 92.9 cm³/mol. The van der Waals surface area contributed by atoms with Gasteiger partial charge in [0, 0.05) is 12.1 Å². The van der Waals surface area contributed by atoms with E-state index < -0.39 is 26.5 Å². The Morgan fingerprint density at radius 1 is 1.35 bits per heavy atom. The van der Waals surface area contributed by atoms with Crippen molar-refractivity contribution in [1.82, 2.24) is 4.57 Å². The molecule has 9 nitrogen and oxygen atoms in total. The summed E-state index contributed by atoms with van der Waals surface area (Å²) in [6.45, 7) is 3.12. The van der Waals surface area contributed by atoms with Crippen molar-refractivity contribution in [2.24, 2.45) is 10.2 Å². The molecule has 0 saturated carbocycles. The van der Waals surface area contributed by atoms with Crippen LogP contribution >= 0.6 is 11.6 Å². The van der Waals surface area contributed by atoms with Crippen LogP contribution in [0.5, 0.6) is 5.88 Å². The summed E-state index contributed by atoms with van der Waals surface area (Å²) in [5, 5.41) is 26.7. The van der Waals surface area contributed by atoms with E-state index in [1.54, 1.807) is 13.0 Å². The number of hydrogen-bond acceptors (Lipinski definition) is 7. The van der Waals surface area contributed by atoms with E-state index in [0.717, 1.165) is 16.7 Å². The first-order valence-corrected chi connectivity index (χ1v) is 8.98. The molecule has 0 aliphatic rings. The van der Waals surface area contributed by atoms with Crippen molar-refractivity contribution >= 4 is 33.1 Å². The zero-order valence-electron chi connectivity index (χ0n) is 13.6. The molecule has 1 heterocycles. The summed E-state index contributed by atoms with van der Waals surface area (Å²) in [5.41, 5.74) is -0.985. The second-order valence-electron chi connectivity index (χ2n) is 5.12. The first-order chi connectivity index (χ1) is 12.1. The molecule has 0 bridgehead atoms. The molecule has 0 saturated heterocycles. The summed E-state index contributed by atoms with van der Waals surface area (Å²) in [7, 11) is -4.47. The van der Waals surface area contributed by atoms with Crippen molar-refractivity contribution < 1.29 is 18.1 Å². The molecule has 0 aliphatic heterocycles. The number of nitriles is 1. The molecule has 11 heteroatoms. The third kappa shape index (κ3) is 3.60. The van der Waals surface area contributed by atoms with Crippen molar-refractivity contribution in [3.8, 4) is 11.9 Å². The van der Waals surface area contributed by atoms with Crippen LogP contribution in [0.25, 0.3) is 0 Å². The molecule has 0 fully saturated rings. The lowest BCUT2D eigenvalue weighted by molar-refractivity contribution is 0.409. The monoisotopic (exact) mass is 396 g/mol. The van der Waals surface area contributed by atoms with Gasteiger partial charge < -0.3 is 5.11 Å². The Kier molecular flexibility index (Phi) is 5.46. The van der Waals surface area contributed by atoms with Crippen LogP contribution in [0.3, 0.4) is 0 Å². The fourth-order valence-corrected chi connectivity index (χ4v) is 2.84. The van der Waals surface area contributed by atoms with Gasteiger partial charge >= 0.3 is 0 Å². The molecule has 2 N–H and O–H groups in total. The second kappa shape index (κ2) is 7.25. The van der Waals surface area contributed by atoms with Gasteiger partial charge in [0.05, 0.1) is 9.92 Å². The highest BCUT2D eigenvalue weighted by Gasteiger charge is 2.18. The Balaban J connectivity index is 2.67. The van der Waals surface area contributed by atoms with E-state index in [2.05, 4.69) is 10.2 Å². The number of aromatic nitrogens is 1. The van der Waals surface area contributed by atoms with Crippen LogP contribution in [-0.4, -0.2) is 22.6 Å². The SMILES string of the molecule is CCn1c(O)c(C#N)c(C)c(N=Nc2cc(S(=O)(=O)O)ccc2Cl)c1=O. The van der Waals surface area contributed by atoms with E-state index in [1.165, 1.54) is 13.0 Å². The normalized spacial score (nSPS) is 11.7. The van der Waals surface area contributed by atoms with E-state index in [9.17, 15) is 23.6 Å². The highest BCUT2D eigenvalue weighted by molar-refractivity contribution is 7.85. The van der Waals surface area contributed by atoms with E-state index in [4.69, 9.17) is 16.2 Å². The van der Waals surface area contributed by atoms with Crippen LogP contribution < -0.4 is 5.56 Å². The van der Waals surface area contributed by atoms with Crippen LogP contribution in [0.2, 0.25) is 5.02 Å². The summed E-state index contributed by atoms with van der Waals surface area (Å²) >= 11 is 5.93. The van der Waals surface area contributed by atoms with E-state index in [-0.39, 0.29) is 34.1 Å². The molecule has 1 aromatic heterocycles. The summed E-state index contributed by atoms with van der Waals surface area (Å²) in [6.07, 6.45) is 0. The molecule has 0 radical (unpaired) electrons. The topological polar surface area (TPSA) is 145 Å². The van der Waals surface area contributed by atoms with Crippen molar-refractivity contribution in [3.05, 3.63) is 44.7 Å². The van der Waals surface area contributed by atoms with Crippen molar-refractivity contribution in [2.75, 3.05) is 0 Å². The molecule has 0 unspecified atom stereocenters. The van der Waals surface area contributed by atoms with Gasteiger partial charge in [-0.3, -0.25) is 13.9 Å². The average Bonchev–Trinajstić information content (AvgIpc) is 2.56. The Morgan fingerprint density at radius 3 is 2.54 bits per heavy atom. The molecule has 136 valence electrons. The maximum absolute atomic E-state index is 12.4. The highest BCUT2D eigenvalue weighted by Crippen LogP contribution is 2.31. The maximum Gasteiger partial charge on any atom is 0.294 e. The van der Waals surface area contributed by atoms with Gasteiger partial charge in [-0.15, -0.1) is 10.2 Å². The lowest BCUT2D eigenvalue weighted by Crippen LogP contribution is -2.20. The highest BCUT2D eigenvalue weighted by atomic mass is 35.5. The molecular weight excluding hydrogens is 384 g/mol. The van der Waals surface area contributed by atoms with Crippen molar-refractivity contribution in [1.29, 1.82) is 5.26 Å². The van der Waals surface area contributed by atoms with E-state index >= 15 is 0 Å². The third-order valence-electron chi connectivity index (χ3n) is 3.56. The van der Waals surface area contributed by atoms with Crippen LogP contribution in [0, 0.1) is 18.3 Å². The quantitative estimate of drug-likeness (QED) is 0.599. The zero-order valence-corrected chi connectivity index (χ0v) is 15.2. The van der Waals surface area contributed by atoms with Crippen molar-refractivity contribution in [2.45, 2.75) is 25.3 Å². The van der Waals surface area contributed by atoms with Crippen LogP contribution in [0.4, 0.5) is 11.4 Å². The molecule has 1 aromatic carbocycles. The number of hydrogen-bond donors (Lipinski definition) is 2. The molecule has 0 amide bonds. The minimum atomic E-state index is -4.47. The molecule has 2 aromatic rings. The minimum absolute atomic E-state index is 0.0360. The summed E-state index contributed by atoms with van der Waals surface area (Å²) in [6, 6.07) is 5.07. The Labute approximate surface area is 153 Å². The van der Waals surface area contributed by atoms with Crippen LogP contribution in [-0.2, 0) is 16.7 Å². The number of aromatic hydroxyl groups is 1. The molecular formula is C15H13ClN4O5S. The molecule has 0 atom stereocenters. The molecule has 2 rings (SSSR count). The van der Waals surface area contributed by atoms with Gasteiger partial charge in [-0.05, 0) is 32.0 Å². The van der Waals surface area contributed by atoms with Crippen LogP contribution in [0.15, 0.2) is 38.1 Å². The van der Waals surface area contributed by atoms with E-state index in [0.29, 0.717) is 0 Å². The van der Waals surface area contributed by atoms with Gasteiger partial charge in [0.1, 0.15) is 17.3 Å². The average molecular weight is 397 g/mol. The fraction of sp³-hybridized carbons (Fsp3) is 0.200. The van der Waals surface area contributed by atoms with Gasteiger partial charge in [0.2, 0.25) is 5.88 Å². The molecule has 0 aliphatic carbocycles. The van der Waals surface area contributed by atoms with Crippen molar-refractivity contribution in [3.63, 3.8) is 0 Å². The van der Waals surface area contributed by atoms with Gasteiger partial charge in [-0.25, -0.2) is 0 Å². The zero-order chi connectivity index (χ0) is 19.6. The molecule has 0 spiro atoms. The largest absolute Gasteiger partial charge is 0.493 e. The summed E-state index contributed by atoms with van der Waals surface area (Å²) in [5.74, 6) is -0.470. The first-order valence-electron chi connectivity index (χ1n) is 7.17. The smallest absolute Gasteiger partial charge is 0.294 e. The predicted octanol–water partition coefficient (Wildman–Crippen LogP) is 3.07. The summed E-state index contributed by atoms with van der Waals surface area (Å²) < 4.78 is 32.5.